The summed E-state index contributed by atoms with van der Waals surface area (Å²) in [5, 5.41) is 7.54. The van der Waals surface area contributed by atoms with Crippen molar-refractivity contribution in [2.45, 2.75) is 12.8 Å². The standard InChI is InChI=1S/C15H21N3O3/c1-20-12-6-5-10(8-13(12)21-2)15(19)18-7-3-4-11(9-18)14(16)17/h5-6,8,11H,3-4,7,9H2,1-2H3,(H3,16,17)/t11-/m0/s1. The highest BCUT2D eigenvalue weighted by Gasteiger charge is 2.26. The van der Waals surface area contributed by atoms with Gasteiger partial charge in [-0.2, -0.15) is 0 Å². The molecule has 1 amide bonds. The van der Waals surface area contributed by atoms with Gasteiger partial charge in [0.1, 0.15) is 0 Å². The summed E-state index contributed by atoms with van der Waals surface area (Å²) in [5.74, 6) is 1.17. The van der Waals surface area contributed by atoms with Crippen LogP contribution in [0, 0.1) is 11.3 Å². The van der Waals surface area contributed by atoms with Crippen LogP contribution in [0.2, 0.25) is 0 Å². The van der Waals surface area contributed by atoms with E-state index in [1.54, 1.807) is 37.3 Å². The molecule has 3 N–H and O–H groups in total. The van der Waals surface area contributed by atoms with Crippen LogP contribution in [-0.4, -0.2) is 44.0 Å². The minimum Gasteiger partial charge on any atom is -0.493 e. The molecule has 6 nitrogen and oxygen atoms in total. The predicted molar refractivity (Wildman–Crippen MR) is 80.1 cm³/mol. The molecule has 1 aromatic carbocycles. The Hall–Kier alpha value is -2.24. The first-order valence-corrected chi connectivity index (χ1v) is 6.92. The Morgan fingerprint density at radius 3 is 2.67 bits per heavy atom. The maximum Gasteiger partial charge on any atom is 0.254 e. The van der Waals surface area contributed by atoms with E-state index >= 15 is 0 Å². The third-order valence-electron chi connectivity index (χ3n) is 3.78. The number of piperidine rings is 1. The van der Waals surface area contributed by atoms with Gasteiger partial charge in [-0.15, -0.1) is 0 Å². The number of amides is 1. The number of nitrogens with one attached hydrogen (secondary N) is 1. The molecule has 1 fully saturated rings. The first-order chi connectivity index (χ1) is 10.1. The van der Waals surface area contributed by atoms with Gasteiger partial charge in [0.2, 0.25) is 0 Å². The van der Waals surface area contributed by atoms with Crippen LogP contribution in [0.5, 0.6) is 11.5 Å². The lowest BCUT2D eigenvalue weighted by atomic mass is 9.96. The van der Waals surface area contributed by atoms with Crippen molar-refractivity contribution in [3.05, 3.63) is 23.8 Å². The Balaban J connectivity index is 2.17. The molecule has 0 spiro atoms. The van der Waals surface area contributed by atoms with E-state index < -0.39 is 0 Å². The van der Waals surface area contributed by atoms with E-state index in [-0.39, 0.29) is 17.7 Å². The second-order valence-electron chi connectivity index (χ2n) is 5.12. The lowest BCUT2D eigenvalue weighted by Crippen LogP contribution is -2.43. The Labute approximate surface area is 124 Å². The molecule has 0 radical (unpaired) electrons. The number of benzene rings is 1. The van der Waals surface area contributed by atoms with Crippen molar-refractivity contribution in [1.29, 1.82) is 5.41 Å². The molecular weight excluding hydrogens is 270 g/mol. The number of hydrogen-bond donors (Lipinski definition) is 2. The predicted octanol–water partition coefficient (Wildman–Crippen LogP) is 1.49. The molecule has 6 heteroatoms. The van der Waals surface area contributed by atoms with Crippen molar-refractivity contribution in [1.82, 2.24) is 4.90 Å². The number of methoxy groups -OCH3 is 2. The third kappa shape index (κ3) is 3.26. The molecule has 0 saturated carbocycles. The second-order valence-corrected chi connectivity index (χ2v) is 5.12. The molecule has 1 aliphatic heterocycles. The topological polar surface area (TPSA) is 88.6 Å². The molecule has 0 aliphatic carbocycles. The molecule has 1 heterocycles. The lowest BCUT2D eigenvalue weighted by molar-refractivity contribution is 0.0702. The molecule has 1 atom stereocenters. The normalized spacial score (nSPS) is 18.2. The number of nitrogens with two attached hydrogens (primary N) is 1. The van der Waals surface area contributed by atoms with Crippen LogP contribution in [0.1, 0.15) is 23.2 Å². The molecule has 0 aromatic heterocycles. The molecule has 1 saturated heterocycles. The summed E-state index contributed by atoms with van der Waals surface area (Å²) in [5.41, 5.74) is 6.11. The fourth-order valence-electron chi connectivity index (χ4n) is 2.57. The first-order valence-electron chi connectivity index (χ1n) is 6.92. The van der Waals surface area contributed by atoms with E-state index in [2.05, 4.69) is 0 Å². The van der Waals surface area contributed by atoms with Gasteiger partial charge in [-0.05, 0) is 31.0 Å². The van der Waals surface area contributed by atoms with Gasteiger partial charge in [-0.3, -0.25) is 10.2 Å². The monoisotopic (exact) mass is 291 g/mol. The van der Waals surface area contributed by atoms with E-state index in [0.717, 1.165) is 12.8 Å². The highest BCUT2D eigenvalue weighted by molar-refractivity contribution is 5.95. The maximum atomic E-state index is 12.6. The van der Waals surface area contributed by atoms with Crippen molar-refractivity contribution in [2.24, 2.45) is 11.7 Å². The number of hydrogen-bond acceptors (Lipinski definition) is 4. The molecule has 21 heavy (non-hydrogen) atoms. The van der Waals surface area contributed by atoms with Gasteiger partial charge in [0.05, 0.1) is 20.1 Å². The molecule has 114 valence electrons. The Morgan fingerprint density at radius 2 is 2.05 bits per heavy atom. The average molecular weight is 291 g/mol. The van der Waals surface area contributed by atoms with Crippen LogP contribution in [0.4, 0.5) is 0 Å². The summed E-state index contributed by atoms with van der Waals surface area (Å²) in [6.07, 6.45) is 1.73. The lowest BCUT2D eigenvalue weighted by Gasteiger charge is -2.32. The summed E-state index contributed by atoms with van der Waals surface area (Å²) in [6, 6.07) is 5.12. The van der Waals surface area contributed by atoms with Crippen LogP contribution < -0.4 is 15.2 Å². The minimum atomic E-state index is -0.0677. The number of carbonyl (C=O) groups is 1. The fourth-order valence-corrected chi connectivity index (χ4v) is 2.57. The summed E-state index contributed by atoms with van der Waals surface area (Å²) in [4.78, 5) is 14.3. The van der Waals surface area contributed by atoms with Crippen molar-refractivity contribution in [3.8, 4) is 11.5 Å². The second kappa shape index (κ2) is 6.47. The van der Waals surface area contributed by atoms with Gasteiger partial charge in [-0.1, -0.05) is 0 Å². The number of carbonyl (C=O) groups excluding carboxylic acids is 1. The number of ether oxygens (including phenoxy) is 2. The number of amidine groups is 1. The number of likely N-dealkylation sites (tertiary alicyclic amines) is 1. The molecule has 1 aliphatic rings. The minimum absolute atomic E-state index is 0.0390. The zero-order valence-electron chi connectivity index (χ0n) is 12.4. The summed E-state index contributed by atoms with van der Waals surface area (Å²) >= 11 is 0. The zero-order valence-corrected chi connectivity index (χ0v) is 12.4. The summed E-state index contributed by atoms with van der Waals surface area (Å²) in [6.45, 7) is 1.19. The molecule has 0 unspecified atom stereocenters. The quantitative estimate of drug-likeness (QED) is 0.650. The van der Waals surface area contributed by atoms with E-state index in [1.165, 1.54) is 0 Å². The van der Waals surface area contributed by atoms with Gasteiger partial charge >= 0.3 is 0 Å². The van der Waals surface area contributed by atoms with Gasteiger partial charge in [0.25, 0.3) is 5.91 Å². The fraction of sp³-hybridized carbons (Fsp3) is 0.467. The number of rotatable bonds is 4. The van der Waals surface area contributed by atoms with Gasteiger partial charge < -0.3 is 20.1 Å². The highest BCUT2D eigenvalue weighted by Crippen LogP contribution is 2.28. The smallest absolute Gasteiger partial charge is 0.254 e. The van der Waals surface area contributed by atoms with Crippen LogP contribution in [0.3, 0.4) is 0 Å². The first kappa shape index (κ1) is 15.2. The maximum absolute atomic E-state index is 12.6. The average Bonchev–Trinajstić information content (AvgIpc) is 2.53. The van der Waals surface area contributed by atoms with Crippen LogP contribution >= 0.6 is 0 Å². The van der Waals surface area contributed by atoms with E-state index in [4.69, 9.17) is 20.6 Å². The van der Waals surface area contributed by atoms with Gasteiger partial charge in [0.15, 0.2) is 11.5 Å². The van der Waals surface area contributed by atoms with Crippen LogP contribution in [-0.2, 0) is 0 Å². The number of nitrogens with zero attached hydrogens (tertiary/aromatic N) is 1. The van der Waals surface area contributed by atoms with Crippen LogP contribution in [0.15, 0.2) is 18.2 Å². The third-order valence-corrected chi connectivity index (χ3v) is 3.78. The van der Waals surface area contributed by atoms with E-state index in [0.29, 0.717) is 30.2 Å². The molecule has 1 aromatic rings. The van der Waals surface area contributed by atoms with Crippen molar-refractivity contribution >= 4 is 11.7 Å². The Kier molecular flexibility index (Phi) is 4.67. The van der Waals surface area contributed by atoms with Crippen molar-refractivity contribution in [3.63, 3.8) is 0 Å². The van der Waals surface area contributed by atoms with Gasteiger partial charge in [-0.25, -0.2) is 0 Å². The largest absolute Gasteiger partial charge is 0.493 e. The molecule has 2 rings (SSSR count). The van der Waals surface area contributed by atoms with Gasteiger partial charge in [0, 0.05) is 24.6 Å². The van der Waals surface area contributed by atoms with E-state index in [9.17, 15) is 4.79 Å². The van der Waals surface area contributed by atoms with Crippen molar-refractivity contribution in [2.75, 3.05) is 27.3 Å². The Morgan fingerprint density at radius 1 is 1.33 bits per heavy atom. The SMILES string of the molecule is COc1ccc(C(=O)N2CCC[C@H](C(=N)N)C2)cc1OC. The summed E-state index contributed by atoms with van der Waals surface area (Å²) in [7, 11) is 3.10. The molecule has 0 bridgehead atoms. The van der Waals surface area contributed by atoms with E-state index in [1.807, 2.05) is 0 Å². The molecular formula is C15H21N3O3. The van der Waals surface area contributed by atoms with Crippen LogP contribution in [0.25, 0.3) is 0 Å². The Bertz CT molecular complexity index is 545. The summed E-state index contributed by atoms with van der Waals surface area (Å²) < 4.78 is 10.4. The zero-order chi connectivity index (χ0) is 15.4. The highest BCUT2D eigenvalue weighted by atomic mass is 16.5. The van der Waals surface area contributed by atoms with Crippen molar-refractivity contribution < 1.29 is 14.3 Å².